The second-order valence-corrected chi connectivity index (χ2v) is 6.12. The number of imide groups is 1. The number of carbonyl (C=O) groups excluding carboxylic acids is 2. The van der Waals surface area contributed by atoms with Crippen molar-refractivity contribution in [3.63, 3.8) is 0 Å². The number of anilines is 1. The quantitative estimate of drug-likeness (QED) is 0.512. The van der Waals surface area contributed by atoms with Crippen LogP contribution >= 0.6 is 0 Å². The molecule has 0 aliphatic carbocycles. The Morgan fingerprint density at radius 2 is 1.81 bits per heavy atom. The van der Waals surface area contributed by atoms with Crippen LogP contribution in [0.3, 0.4) is 0 Å². The van der Waals surface area contributed by atoms with E-state index in [0.29, 0.717) is 12.4 Å². The largest absolute Gasteiger partial charge is 0.395 e. The van der Waals surface area contributed by atoms with E-state index in [1.807, 2.05) is 42.5 Å². The van der Waals surface area contributed by atoms with Crippen molar-refractivity contribution < 1.29 is 14.7 Å². The number of aliphatic hydroxyl groups excluding tert-OH is 1. The number of nitrogens with one attached hydrogen (secondary N) is 3. The van der Waals surface area contributed by atoms with E-state index in [1.54, 1.807) is 0 Å². The third-order valence-electron chi connectivity index (χ3n) is 4.39. The van der Waals surface area contributed by atoms with Crippen molar-refractivity contribution >= 4 is 28.7 Å². The van der Waals surface area contributed by atoms with Gasteiger partial charge in [-0.15, -0.1) is 0 Å². The van der Waals surface area contributed by atoms with E-state index in [0.717, 1.165) is 27.6 Å². The van der Waals surface area contributed by atoms with Crippen LogP contribution in [-0.4, -0.2) is 40.2 Å². The van der Waals surface area contributed by atoms with Gasteiger partial charge in [-0.1, -0.05) is 30.3 Å². The van der Waals surface area contributed by atoms with Crippen molar-refractivity contribution in [2.45, 2.75) is 6.04 Å². The molecule has 0 spiro atoms. The predicted molar refractivity (Wildman–Crippen MR) is 100.0 cm³/mol. The number of urea groups is 1. The molecule has 8 nitrogen and oxygen atoms in total. The van der Waals surface area contributed by atoms with Crippen LogP contribution in [-0.2, 0) is 4.79 Å². The Bertz CT molecular complexity index is 1020. The van der Waals surface area contributed by atoms with Gasteiger partial charge in [0.25, 0.3) is 5.91 Å². The predicted octanol–water partition coefficient (Wildman–Crippen LogP) is 1.58. The van der Waals surface area contributed by atoms with E-state index >= 15 is 0 Å². The van der Waals surface area contributed by atoms with Gasteiger partial charge in [0, 0.05) is 11.9 Å². The first-order valence-corrected chi connectivity index (χ1v) is 8.47. The number of nitrogens with zero attached hydrogens (tertiary/aromatic N) is 2. The van der Waals surface area contributed by atoms with E-state index < -0.39 is 12.1 Å². The summed E-state index contributed by atoms with van der Waals surface area (Å²) in [5, 5.41) is 17.8. The van der Waals surface area contributed by atoms with Gasteiger partial charge in [0.2, 0.25) is 0 Å². The van der Waals surface area contributed by atoms with Gasteiger partial charge in [0.05, 0.1) is 12.1 Å². The molecule has 1 saturated heterocycles. The fourth-order valence-electron chi connectivity index (χ4n) is 3.07. The maximum atomic E-state index is 11.8. The lowest BCUT2D eigenvalue weighted by Crippen LogP contribution is -2.22. The zero-order valence-corrected chi connectivity index (χ0v) is 14.3. The molecule has 2 aromatic carbocycles. The Morgan fingerprint density at radius 1 is 1.04 bits per heavy atom. The van der Waals surface area contributed by atoms with E-state index in [-0.39, 0.29) is 12.5 Å². The van der Waals surface area contributed by atoms with Crippen LogP contribution in [0.25, 0.3) is 22.0 Å². The first-order chi connectivity index (χ1) is 13.2. The van der Waals surface area contributed by atoms with Crippen molar-refractivity contribution in [2.75, 3.05) is 18.5 Å². The molecule has 8 heteroatoms. The highest BCUT2D eigenvalue weighted by Crippen LogP contribution is 2.28. The number of aromatic nitrogens is 2. The molecule has 1 atom stereocenters. The highest BCUT2D eigenvalue weighted by Gasteiger charge is 2.30. The second kappa shape index (κ2) is 7.00. The Kier molecular flexibility index (Phi) is 4.39. The minimum Gasteiger partial charge on any atom is -0.395 e. The van der Waals surface area contributed by atoms with E-state index in [9.17, 15) is 9.59 Å². The van der Waals surface area contributed by atoms with Gasteiger partial charge in [-0.25, -0.2) is 14.8 Å². The van der Waals surface area contributed by atoms with Gasteiger partial charge in [-0.05, 0) is 28.8 Å². The Labute approximate surface area is 154 Å². The average molecular weight is 363 g/mol. The molecule has 1 aliphatic rings. The molecular weight excluding hydrogens is 346 g/mol. The summed E-state index contributed by atoms with van der Waals surface area (Å²) in [5.41, 5.74) is 3.45. The number of aliphatic hydroxyl groups is 1. The van der Waals surface area contributed by atoms with Crippen LogP contribution in [0.5, 0.6) is 0 Å². The number of amides is 3. The van der Waals surface area contributed by atoms with Crippen LogP contribution in [0.1, 0.15) is 11.6 Å². The minimum absolute atomic E-state index is 0.0118. The van der Waals surface area contributed by atoms with Crippen molar-refractivity contribution in [1.82, 2.24) is 20.6 Å². The number of hydrogen-bond acceptors (Lipinski definition) is 6. The molecule has 2 heterocycles. The average Bonchev–Trinajstić information content (AvgIpc) is 3.04. The van der Waals surface area contributed by atoms with Gasteiger partial charge in [-0.2, -0.15) is 0 Å². The normalized spacial score (nSPS) is 16.3. The number of carbonyl (C=O) groups is 2. The molecule has 0 radical (unpaired) electrons. The molecule has 136 valence electrons. The van der Waals surface area contributed by atoms with Gasteiger partial charge in [0.1, 0.15) is 18.2 Å². The Hall–Kier alpha value is -3.52. The summed E-state index contributed by atoms with van der Waals surface area (Å²) < 4.78 is 0. The van der Waals surface area contributed by atoms with Gasteiger partial charge < -0.3 is 15.7 Å². The first-order valence-electron chi connectivity index (χ1n) is 8.47. The lowest BCUT2D eigenvalue weighted by molar-refractivity contribution is -0.120. The van der Waals surface area contributed by atoms with Crippen LogP contribution in [0.15, 0.2) is 48.8 Å². The number of fused-ring (bicyclic) bond motifs is 1. The van der Waals surface area contributed by atoms with Crippen LogP contribution in [0.2, 0.25) is 0 Å². The van der Waals surface area contributed by atoms with Gasteiger partial charge in [-0.3, -0.25) is 10.1 Å². The fourth-order valence-corrected chi connectivity index (χ4v) is 3.07. The van der Waals surface area contributed by atoms with Crippen molar-refractivity contribution in [1.29, 1.82) is 0 Å². The van der Waals surface area contributed by atoms with E-state index in [2.05, 4.69) is 25.9 Å². The molecule has 1 aromatic heterocycles. The Morgan fingerprint density at radius 3 is 2.52 bits per heavy atom. The van der Waals surface area contributed by atoms with Crippen LogP contribution in [0, 0.1) is 0 Å². The van der Waals surface area contributed by atoms with Crippen molar-refractivity contribution in [3.8, 4) is 11.1 Å². The standard InChI is InChI=1S/C19H17N5O3/c25-8-7-20-17-14-9-13(5-6-15(14)21-10-22-17)11-1-3-12(4-2-11)16-18(26)24-19(27)23-16/h1-6,9-10,16,25H,7-8H2,(H,20,21,22)(H2,23,24,26,27)/t16-/m0/s1. The number of rotatable bonds is 5. The molecular formula is C19H17N5O3. The zero-order chi connectivity index (χ0) is 18.8. The second-order valence-electron chi connectivity index (χ2n) is 6.12. The van der Waals surface area contributed by atoms with Crippen molar-refractivity contribution in [2.24, 2.45) is 0 Å². The highest BCUT2D eigenvalue weighted by molar-refractivity contribution is 6.04. The van der Waals surface area contributed by atoms with E-state index in [1.165, 1.54) is 6.33 Å². The van der Waals surface area contributed by atoms with Gasteiger partial charge in [0.15, 0.2) is 0 Å². The lowest BCUT2D eigenvalue weighted by Gasteiger charge is -2.11. The minimum atomic E-state index is -0.661. The smallest absolute Gasteiger partial charge is 0.322 e. The SMILES string of the molecule is O=C1NC(=O)[C@H](c2ccc(-c3ccc4ncnc(NCCO)c4c3)cc2)N1. The molecule has 4 N–H and O–H groups in total. The molecule has 0 unspecified atom stereocenters. The maximum Gasteiger partial charge on any atom is 0.322 e. The maximum absolute atomic E-state index is 11.8. The summed E-state index contributed by atoms with van der Waals surface area (Å²) >= 11 is 0. The van der Waals surface area contributed by atoms with Gasteiger partial charge >= 0.3 is 6.03 Å². The molecule has 4 rings (SSSR count). The topological polar surface area (TPSA) is 116 Å². The summed E-state index contributed by atoms with van der Waals surface area (Å²) in [7, 11) is 0. The van der Waals surface area contributed by atoms with E-state index in [4.69, 9.17) is 5.11 Å². The summed E-state index contributed by atoms with van der Waals surface area (Å²) in [5.74, 6) is 0.313. The van der Waals surface area contributed by atoms with Crippen LogP contribution < -0.4 is 16.0 Å². The monoisotopic (exact) mass is 363 g/mol. The molecule has 1 fully saturated rings. The highest BCUT2D eigenvalue weighted by atomic mass is 16.3. The number of benzene rings is 2. The fraction of sp³-hybridized carbons (Fsp3) is 0.158. The zero-order valence-electron chi connectivity index (χ0n) is 14.3. The third-order valence-corrected chi connectivity index (χ3v) is 4.39. The van der Waals surface area contributed by atoms with Crippen LogP contribution in [0.4, 0.5) is 10.6 Å². The molecule has 0 saturated carbocycles. The van der Waals surface area contributed by atoms with Crippen molar-refractivity contribution in [3.05, 3.63) is 54.4 Å². The first kappa shape index (κ1) is 16.9. The Balaban J connectivity index is 1.66. The lowest BCUT2D eigenvalue weighted by atomic mass is 9.99. The summed E-state index contributed by atoms with van der Waals surface area (Å²) in [6.45, 7) is 0.415. The molecule has 0 bridgehead atoms. The summed E-state index contributed by atoms with van der Waals surface area (Å²) in [6, 6.07) is 12.2. The molecule has 1 aliphatic heterocycles. The molecule has 27 heavy (non-hydrogen) atoms. The number of hydrogen-bond donors (Lipinski definition) is 4. The molecule has 3 aromatic rings. The summed E-state index contributed by atoms with van der Waals surface area (Å²) in [4.78, 5) is 31.6. The summed E-state index contributed by atoms with van der Waals surface area (Å²) in [6.07, 6.45) is 1.48. The third kappa shape index (κ3) is 3.30. The molecule has 3 amide bonds.